The molecular weight excluding hydrogens is 656 g/mol. The van der Waals surface area contributed by atoms with Crippen LogP contribution in [0, 0.1) is 10.1 Å². The average Bonchev–Trinajstić information content (AvgIpc) is 3.60. The van der Waals surface area contributed by atoms with Crippen LogP contribution in [0.2, 0.25) is 0 Å². The number of imidazole rings is 1. The van der Waals surface area contributed by atoms with Crippen LogP contribution in [0.3, 0.4) is 0 Å². The van der Waals surface area contributed by atoms with Crippen LogP contribution in [-0.2, 0) is 43.5 Å². The Balaban J connectivity index is 1.43. The Labute approximate surface area is 284 Å². The molecule has 17 heteroatoms. The van der Waals surface area contributed by atoms with Crippen LogP contribution in [0.4, 0.5) is 15.3 Å². The smallest absolute Gasteiger partial charge is 0.419 e. The summed E-state index contributed by atoms with van der Waals surface area (Å²) in [5.41, 5.74) is 1.31. The van der Waals surface area contributed by atoms with E-state index in [0.29, 0.717) is 5.56 Å². The van der Waals surface area contributed by atoms with Crippen LogP contribution in [0.5, 0.6) is 5.75 Å². The van der Waals surface area contributed by atoms with E-state index in [1.807, 2.05) is 0 Å². The molecule has 0 bridgehead atoms. The first kappa shape index (κ1) is 36.2. The zero-order chi connectivity index (χ0) is 35.9. The number of hydrogen-bond acceptors (Lipinski definition) is 12. The minimum absolute atomic E-state index is 0.0198. The second-order valence-electron chi connectivity index (χ2n) is 10.4. The van der Waals surface area contributed by atoms with Crippen molar-refractivity contribution in [2.24, 2.45) is 0 Å². The van der Waals surface area contributed by atoms with Gasteiger partial charge in [-0.2, -0.15) is 0 Å². The summed E-state index contributed by atoms with van der Waals surface area (Å²) in [5, 5.41) is 27.7. The van der Waals surface area contributed by atoms with Gasteiger partial charge >= 0.3 is 18.2 Å². The number of alkyl carbamates (subject to hydrolysis) is 1. The maximum atomic E-state index is 13.3. The minimum Gasteiger partial charge on any atom is -0.445 e. The number of nitrogens with zero attached hydrogens (tertiary/aromatic N) is 3. The highest BCUT2D eigenvalue weighted by Gasteiger charge is 2.29. The maximum absolute atomic E-state index is 13.3. The molecule has 0 saturated heterocycles. The summed E-state index contributed by atoms with van der Waals surface area (Å²) < 4.78 is 16.6. The molecule has 0 radical (unpaired) electrons. The number of aliphatic hydroxyl groups is 1. The number of rotatable bonds is 15. The van der Waals surface area contributed by atoms with Gasteiger partial charge in [-0.1, -0.05) is 60.7 Å². The number of ether oxygens (including phenoxy) is 3. The molecule has 1 heterocycles. The van der Waals surface area contributed by atoms with Crippen LogP contribution in [0.15, 0.2) is 97.5 Å². The average molecular weight is 689 g/mol. The highest BCUT2D eigenvalue weighted by Crippen LogP contribution is 2.17. The number of nitro groups is 1. The Kier molecular flexibility index (Phi) is 13.1. The van der Waals surface area contributed by atoms with Crippen molar-refractivity contribution < 1.29 is 48.2 Å². The molecule has 0 saturated carbocycles. The quantitative estimate of drug-likeness (QED) is 0.0608. The van der Waals surface area contributed by atoms with Crippen molar-refractivity contribution in [1.29, 1.82) is 0 Å². The number of benzene rings is 3. The van der Waals surface area contributed by atoms with E-state index in [1.54, 1.807) is 60.7 Å². The molecule has 4 aromatic rings. The van der Waals surface area contributed by atoms with Crippen molar-refractivity contribution in [3.63, 3.8) is 0 Å². The SMILES string of the molecule is O=C(CNC(=O)C(Cc1cncn1C(=O)OCc1ccccc1)NC(=O)C(CO)NC(=O)OCc1ccccc1)Oc1ccc([N+](=O)[O-])cc1. The number of aromatic nitrogens is 2. The predicted octanol–water partition coefficient (Wildman–Crippen LogP) is 2.01. The van der Waals surface area contributed by atoms with Gasteiger partial charge in [0, 0.05) is 24.8 Å². The molecule has 4 N–H and O–H groups in total. The zero-order valence-electron chi connectivity index (χ0n) is 26.3. The van der Waals surface area contributed by atoms with Gasteiger partial charge in [-0.05, 0) is 23.3 Å². The molecule has 3 aromatic carbocycles. The lowest BCUT2D eigenvalue weighted by molar-refractivity contribution is -0.384. The Morgan fingerprint density at radius 2 is 1.44 bits per heavy atom. The summed E-state index contributed by atoms with van der Waals surface area (Å²) in [6.07, 6.45) is 0.224. The van der Waals surface area contributed by atoms with Crippen LogP contribution < -0.4 is 20.7 Å². The van der Waals surface area contributed by atoms with Crippen molar-refractivity contribution in [2.45, 2.75) is 31.7 Å². The second kappa shape index (κ2) is 18.1. The van der Waals surface area contributed by atoms with Gasteiger partial charge in [0.15, 0.2) is 0 Å². The van der Waals surface area contributed by atoms with E-state index < -0.39 is 60.1 Å². The van der Waals surface area contributed by atoms with Gasteiger partial charge in [0.25, 0.3) is 5.69 Å². The topological polar surface area (TPSA) is 230 Å². The molecule has 0 fully saturated rings. The van der Waals surface area contributed by atoms with Gasteiger partial charge in [-0.25, -0.2) is 23.9 Å². The van der Waals surface area contributed by atoms with Gasteiger partial charge in [-0.15, -0.1) is 0 Å². The largest absolute Gasteiger partial charge is 0.445 e. The number of aliphatic hydroxyl groups excluding tert-OH is 1. The maximum Gasteiger partial charge on any atom is 0.419 e. The molecule has 0 aliphatic rings. The molecule has 2 unspecified atom stereocenters. The van der Waals surface area contributed by atoms with E-state index in [1.165, 1.54) is 18.3 Å². The Bertz CT molecular complexity index is 1780. The number of amides is 3. The number of carbonyl (C=O) groups is 5. The predicted molar refractivity (Wildman–Crippen MR) is 172 cm³/mol. The van der Waals surface area contributed by atoms with Crippen molar-refractivity contribution in [3.05, 3.63) is 124 Å². The minimum atomic E-state index is -1.55. The monoisotopic (exact) mass is 688 g/mol. The van der Waals surface area contributed by atoms with Crippen molar-refractivity contribution in [2.75, 3.05) is 13.2 Å². The van der Waals surface area contributed by atoms with E-state index in [-0.39, 0.29) is 36.8 Å². The second-order valence-corrected chi connectivity index (χ2v) is 10.4. The van der Waals surface area contributed by atoms with Gasteiger partial charge in [-0.3, -0.25) is 19.7 Å². The zero-order valence-corrected chi connectivity index (χ0v) is 26.3. The normalized spacial score (nSPS) is 11.7. The molecule has 50 heavy (non-hydrogen) atoms. The lowest BCUT2D eigenvalue weighted by Gasteiger charge is -2.22. The number of carbonyl (C=O) groups excluding carboxylic acids is 5. The first-order valence-corrected chi connectivity index (χ1v) is 15.0. The molecular formula is C33H32N6O11. The van der Waals surface area contributed by atoms with Crippen LogP contribution in [0.25, 0.3) is 0 Å². The fourth-order valence-corrected chi connectivity index (χ4v) is 4.30. The third-order valence-electron chi connectivity index (χ3n) is 6.85. The van der Waals surface area contributed by atoms with Crippen LogP contribution in [-0.4, -0.2) is 74.8 Å². The number of esters is 1. The molecule has 1 aromatic heterocycles. The van der Waals surface area contributed by atoms with Gasteiger partial charge in [0.2, 0.25) is 11.8 Å². The Hall–Kier alpha value is -6.62. The third kappa shape index (κ3) is 11.0. The Morgan fingerprint density at radius 3 is 2.04 bits per heavy atom. The first-order chi connectivity index (χ1) is 24.1. The van der Waals surface area contributed by atoms with Crippen LogP contribution in [0.1, 0.15) is 16.8 Å². The Morgan fingerprint density at radius 1 is 0.820 bits per heavy atom. The highest BCUT2D eigenvalue weighted by atomic mass is 16.6. The van der Waals surface area contributed by atoms with Gasteiger partial charge in [0.1, 0.15) is 43.9 Å². The molecule has 260 valence electrons. The van der Waals surface area contributed by atoms with E-state index in [0.717, 1.165) is 28.6 Å². The number of hydrogen-bond donors (Lipinski definition) is 4. The lowest BCUT2D eigenvalue weighted by atomic mass is 10.1. The molecule has 3 amide bonds. The van der Waals surface area contributed by atoms with Crippen molar-refractivity contribution in [3.8, 4) is 5.75 Å². The van der Waals surface area contributed by atoms with E-state index in [9.17, 15) is 39.2 Å². The highest BCUT2D eigenvalue weighted by molar-refractivity contribution is 5.92. The molecule has 0 aliphatic heterocycles. The van der Waals surface area contributed by atoms with Crippen molar-refractivity contribution in [1.82, 2.24) is 25.5 Å². The molecule has 2 atom stereocenters. The third-order valence-corrected chi connectivity index (χ3v) is 6.85. The molecule has 4 rings (SSSR count). The summed E-state index contributed by atoms with van der Waals surface area (Å²) in [4.78, 5) is 78.4. The summed E-state index contributed by atoms with van der Waals surface area (Å²) >= 11 is 0. The van der Waals surface area contributed by atoms with E-state index in [2.05, 4.69) is 20.9 Å². The standard InChI is InChI=1S/C33H32N6O11/c40-18-28(37-32(44)48-19-22-7-3-1-4-8-22)31(43)36-27(30(42)35-17-29(41)50-26-13-11-24(12-14-26)39(46)47)15-25-16-34-21-38(25)33(45)49-20-23-9-5-2-6-10-23/h1-14,16,21,27-28,40H,15,17-20H2,(H,35,42)(H,36,43)(H,37,44). The summed E-state index contributed by atoms with van der Waals surface area (Å²) in [6.45, 7) is -1.73. The van der Waals surface area contributed by atoms with E-state index >= 15 is 0 Å². The molecule has 0 aliphatic carbocycles. The van der Waals surface area contributed by atoms with E-state index in [4.69, 9.17) is 14.2 Å². The number of nitro benzene ring substituents is 1. The summed E-state index contributed by atoms with van der Waals surface area (Å²) in [5.74, 6) is -2.86. The summed E-state index contributed by atoms with van der Waals surface area (Å²) in [6, 6.07) is 19.2. The van der Waals surface area contributed by atoms with Gasteiger partial charge < -0.3 is 35.3 Å². The summed E-state index contributed by atoms with van der Waals surface area (Å²) in [7, 11) is 0. The first-order valence-electron chi connectivity index (χ1n) is 15.0. The fourth-order valence-electron chi connectivity index (χ4n) is 4.30. The van der Waals surface area contributed by atoms with Crippen LogP contribution >= 0.6 is 0 Å². The number of non-ortho nitro benzene ring substituents is 1. The molecule has 0 spiro atoms. The molecule has 17 nitrogen and oxygen atoms in total. The van der Waals surface area contributed by atoms with Gasteiger partial charge in [0.05, 0.1) is 17.2 Å². The lowest BCUT2D eigenvalue weighted by Crippen LogP contribution is -2.56. The number of nitrogens with one attached hydrogen (secondary N) is 3. The fraction of sp³-hybridized carbons (Fsp3) is 0.212. The van der Waals surface area contributed by atoms with Crippen molar-refractivity contribution >= 4 is 35.7 Å².